The first kappa shape index (κ1) is 18.5. The van der Waals surface area contributed by atoms with Crippen molar-refractivity contribution in [1.82, 2.24) is 5.32 Å². The lowest BCUT2D eigenvalue weighted by Crippen LogP contribution is -2.41. The number of halogens is 2. The van der Waals surface area contributed by atoms with Gasteiger partial charge in [0.25, 0.3) is 0 Å². The van der Waals surface area contributed by atoms with Crippen molar-refractivity contribution < 1.29 is 9.53 Å². The maximum Gasteiger partial charge on any atom is 0.249 e. The Kier molecular flexibility index (Phi) is 6.72. The van der Waals surface area contributed by atoms with Gasteiger partial charge in [-0.1, -0.05) is 30.2 Å². The number of rotatable bonds is 5. The van der Waals surface area contributed by atoms with E-state index in [1.54, 1.807) is 0 Å². The molecule has 4 nitrogen and oxygen atoms in total. The first-order chi connectivity index (χ1) is 10.7. The molecule has 1 aromatic carbocycles. The largest absolute Gasteiger partial charge is 0.364 e. The Morgan fingerprint density at radius 2 is 1.96 bits per heavy atom. The Morgan fingerprint density at radius 3 is 2.48 bits per heavy atom. The van der Waals surface area contributed by atoms with Crippen molar-refractivity contribution in [2.75, 3.05) is 6.54 Å². The molecule has 1 aliphatic heterocycles. The van der Waals surface area contributed by atoms with Crippen LogP contribution in [0.1, 0.15) is 43.7 Å². The summed E-state index contributed by atoms with van der Waals surface area (Å²) in [5, 5.41) is 3.91. The number of carbonyl (C=O) groups is 1. The van der Waals surface area contributed by atoms with Crippen molar-refractivity contribution in [2.45, 2.75) is 50.4 Å². The van der Waals surface area contributed by atoms with Crippen LogP contribution in [0.2, 0.25) is 5.02 Å². The third-order valence-corrected chi connectivity index (χ3v) is 5.06. The smallest absolute Gasteiger partial charge is 0.249 e. The minimum Gasteiger partial charge on any atom is -0.364 e. The van der Waals surface area contributed by atoms with Gasteiger partial charge in [-0.15, -0.1) is 12.4 Å². The van der Waals surface area contributed by atoms with E-state index in [9.17, 15) is 4.79 Å². The van der Waals surface area contributed by atoms with Crippen LogP contribution in [0, 0.1) is 5.92 Å². The van der Waals surface area contributed by atoms with Crippen molar-refractivity contribution in [3.63, 3.8) is 0 Å². The first-order valence-corrected chi connectivity index (χ1v) is 8.46. The van der Waals surface area contributed by atoms with E-state index in [0.29, 0.717) is 17.5 Å². The third-order valence-electron chi connectivity index (χ3n) is 4.81. The van der Waals surface area contributed by atoms with Crippen LogP contribution in [0.3, 0.4) is 0 Å². The topological polar surface area (TPSA) is 64.4 Å². The van der Waals surface area contributed by atoms with Gasteiger partial charge in [-0.25, -0.2) is 0 Å². The number of nitrogens with two attached hydrogens (primary N) is 1. The quantitative estimate of drug-likeness (QED) is 0.849. The Hall–Kier alpha value is -0.810. The van der Waals surface area contributed by atoms with Gasteiger partial charge in [0.1, 0.15) is 6.10 Å². The highest BCUT2D eigenvalue weighted by Gasteiger charge is 2.34. The van der Waals surface area contributed by atoms with Crippen LogP contribution in [0.25, 0.3) is 0 Å². The summed E-state index contributed by atoms with van der Waals surface area (Å²) in [6, 6.07) is 7.82. The number of carbonyl (C=O) groups excluding carboxylic acids is 1. The fourth-order valence-corrected chi connectivity index (χ4v) is 3.36. The second kappa shape index (κ2) is 8.34. The van der Waals surface area contributed by atoms with Gasteiger partial charge < -0.3 is 15.8 Å². The minimum atomic E-state index is -0.358. The summed E-state index contributed by atoms with van der Waals surface area (Å²) < 4.78 is 5.70. The van der Waals surface area contributed by atoms with Crippen LogP contribution in [0.5, 0.6) is 0 Å². The normalized spacial score (nSPS) is 25.3. The Morgan fingerprint density at radius 1 is 1.26 bits per heavy atom. The van der Waals surface area contributed by atoms with Crippen LogP contribution in [-0.2, 0) is 9.53 Å². The fourth-order valence-electron chi connectivity index (χ4n) is 3.23. The van der Waals surface area contributed by atoms with Crippen LogP contribution in [-0.4, -0.2) is 24.7 Å². The van der Waals surface area contributed by atoms with Crippen LogP contribution >= 0.6 is 24.0 Å². The second-order valence-electron chi connectivity index (χ2n) is 6.29. The molecule has 2 aliphatic rings. The average molecular weight is 359 g/mol. The summed E-state index contributed by atoms with van der Waals surface area (Å²) >= 11 is 5.97. The minimum absolute atomic E-state index is 0. The molecule has 1 amide bonds. The molecule has 1 aliphatic carbocycles. The lowest BCUT2D eigenvalue weighted by molar-refractivity contribution is -0.133. The summed E-state index contributed by atoms with van der Waals surface area (Å²) in [4.78, 5) is 12.5. The molecule has 128 valence electrons. The average Bonchev–Trinajstić information content (AvgIpc) is 2.94. The zero-order valence-corrected chi connectivity index (χ0v) is 14.6. The molecule has 1 saturated heterocycles. The molecule has 6 heteroatoms. The molecule has 1 heterocycles. The Balaban J connectivity index is 0.00000192. The number of benzene rings is 1. The summed E-state index contributed by atoms with van der Waals surface area (Å²) in [6.07, 6.45) is 4.83. The molecule has 0 aromatic heterocycles. The van der Waals surface area contributed by atoms with Gasteiger partial charge in [-0.3, -0.25) is 4.79 Å². The molecule has 0 radical (unpaired) electrons. The lowest BCUT2D eigenvalue weighted by atomic mass is 9.77. The zero-order valence-electron chi connectivity index (χ0n) is 13.0. The Labute approximate surface area is 148 Å². The molecule has 1 unspecified atom stereocenters. The number of hydrogen-bond acceptors (Lipinski definition) is 3. The van der Waals surface area contributed by atoms with E-state index in [-0.39, 0.29) is 36.6 Å². The highest BCUT2D eigenvalue weighted by Crippen LogP contribution is 2.38. The van der Waals surface area contributed by atoms with Crippen molar-refractivity contribution in [3.8, 4) is 0 Å². The number of hydrogen-bond donors (Lipinski definition) is 2. The highest BCUT2D eigenvalue weighted by atomic mass is 35.5. The molecule has 1 aromatic rings. The fraction of sp³-hybridized carbons (Fsp3) is 0.588. The van der Waals surface area contributed by atoms with Crippen LogP contribution in [0.4, 0.5) is 0 Å². The van der Waals surface area contributed by atoms with Gasteiger partial charge >= 0.3 is 0 Å². The SMILES string of the molecule is Cl.NC[C@H]1CC[C@@H](C(=O)NC(c2ccc(Cl)cc2)C2CCC2)O1. The number of ether oxygens (including phenoxy) is 1. The van der Waals surface area contributed by atoms with E-state index < -0.39 is 0 Å². The molecule has 3 rings (SSSR count). The van der Waals surface area contributed by atoms with Gasteiger partial charge in [0, 0.05) is 11.6 Å². The second-order valence-corrected chi connectivity index (χ2v) is 6.73. The molecule has 3 atom stereocenters. The van der Waals surface area contributed by atoms with E-state index in [1.807, 2.05) is 24.3 Å². The van der Waals surface area contributed by atoms with Crippen LogP contribution in [0.15, 0.2) is 24.3 Å². The van der Waals surface area contributed by atoms with Crippen molar-refractivity contribution in [1.29, 1.82) is 0 Å². The van der Waals surface area contributed by atoms with E-state index in [2.05, 4.69) is 5.32 Å². The van der Waals surface area contributed by atoms with Gasteiger partial charge in [0.15, 0.2) is 0 Å². The standard InChI is InChI=1S/C17H23ClN2O2.ClH/c18-13-6-4-12(5-7-13)16(11-2-1-3-11)20-17(21)15-9-8-14(10-19)22-15;/h4-7,11,14-16H,1-3,8-10,19H2,(H,20,21);1H/t14-,15+,16?;/m1./s1. The summed E-state index contributed by atoms with van der Waals surface area (Å²) in [5.74, 6) is 0.500. The van der Waals surface area contributed by atoms with E-state index >= 15 is 0 Å². The highest BCUT2D eigenvalue weighted by molar-refractivity contribution is 6.30. The lowest BCUT2D eigenvalue weighted by Gasteiger charge is -2.35. The van der Waals surface area contributed by atoms with Crippen LogP contribution < -0.4 is 11.1 Å². The van der Waals surface area contributed by atoms with E-state index in [1.165, 1.54) is 6.42 Å². The van der Waals surface area contributed by atoms with E-state index in [0.717, 1.165) is 31.2 Å². The summed E-state index contributed by atoms with van der Waals surface area (Å²) in [5.41, 5.74) is 6.73. The molecule has 0 spiro atoms. The molecular weight excluding hydrogens is 335 g/mol. The van der Waals surface area contributed by atoms with Gasteiger partial charge in [0.2, 0.25) is 5.91 Å². The van der Waals surface area contributed by atoms with Gasteiger partial charge in [-0.05, 0) is 49.3 Å². The molecule has 3 N–H and O–H groups in total. The van der Waals surface area contributed by atoms with Crippen molar-refractivity contribution in [3.05, 3.63) is 34.9 Å². The van der Waals surface area contributed by atoms with Gasteiger partial charge in [-0.2, -0.15) is 0 Å². The third kappa shape index (κ3) is 4.38. The number of nitrogens with one attached hydrogen (secondary N) is 1. The summed E-state index contributed by atoms with van der Waals surface area (Å²) in [7, 11) is 0. The van der Waals surface area contributed by atoms with Crippen molar-refractivity contribution >= 4 is 29.9 Å². The monoisotopic (exact) mass is 358 g/mol. The first-order valence-electron chi connectivity index (χ1n) is 8.08. The Bertz CT molecular complexity index is 520. The molecule has 23 heavy (non-hydrogen) atoms. The van der Waals surface area contributed by atoms with Crippen molar-refractivity contribution in [2.24, 2.45) is 11.7 Å². The van der Waals surface area contributed by atoms with Gasteiger partial charge in [0.05, 0.1) is 12.1 Å². The molecule has 1 saturated carbocycles. The molecule has 0 bridgehead atoms. The predicted molar refractivity (Wildman–Crippen MR) is 93.9 cm³/mol. The maximum atomic E-state index is 12.5. The predicted octanol–water partition coefficient (Wildman–Crippen LogP) is 3.23. The zero-order chi connectivity index (χ0) is 15.5. The van der Waals surface area contributed by atoms with E-state index in [4.69, 9.17) is 22.1 Å². The number of amides is 1. The molecular formula is C17H24Cl2N2O2. The summed E-state index contributed by atoms with van der Waals surface area (Å²) in [6.45, 7) is 0.479. The molecule has 2 fully saturated rings. The maximum absolute atomic E-state index is 12.5.